The highest BCUT2D eigenvalue weighted by Crippen LogP contribution is 2.54. The van der Waals surface area contributed by atoms with E-state index in [-0.39, 0.29) is 5.54 Å². The summed E-state index contributed by atoms with van der Waals surface area (Å²) in [6, 6.07) is 0. The Morgan fingerprint density at radius 2 is 2.00 bits per heavy atom. The number of aryl methyl sites for hydroxylation is 2. The van der Waals surface area contributed by atoms with Crippen molar-refractivity contribution < 1.29 is 9.90 Å². The summed E-state index contributed by atoms with van der Waals surface area (Å²) in [6.45, 7) is 5.13. The number of fused-ring (bicyclic) bond motifs is 4. The molecule has 5 rings (SSSR count). The smallest absolute Gasteiger partial charge is 0.405 e. The highest BCUT2D eigenvalue weighted by molar-refractivity contribution is 5.65. The van der Waals surface area contributed by atoms with Gasteiger partial charge in [0, 0.05) is 42.9 Å². The zero-order valence-electron chi connectivity index (χ0n) is 14.5. The predicted octanol–water partition coefficient (Wildman–Crippen LogP) is 2.59. The Labute approximate surface area is 143 Å². The van der Waals surface area contributed by atoms with Crippen LogP contribution in [0.4, 0.5) is 4.79 Å². The molecule has 1 aromatic rings. The van der Waals surface area contributed by atoms with E-state index in [0.29, 0.717) is 5.41 Å². The number of hydrogen-bond donors (Lipinski definition) is 3. The molecule has 6 heteroatoms. The summed E-state index contributed by atoms with van der Waals surface area (Å²) in [5.41, 5.74) is 4.26. The van der Waals surface area contributed by atoms with Crippen LogP contribution < -0.4 is 10.6 Å². The zero-order valence-corrected chi connectivity index (χ0v) is 14.5. The Morgan fingerprint density at radius 1 is 1.29 bits per heavy atom. The average Bonchev–Trinajstić information content (AvgIpc) is 2.91. The third-order valence-electron chi connectivity index (χ3n) is 6.84. The van der Waals surface area contributed by atoms with Gasteiger partial charge in [-0.15, -0.1) is 0 Å². The summed E-state index contributed by atoms with van der Waals surface area (Å²) in [5.74, 6) is 0. The van der Waals surface area contributed by atoms with Crippen molar-refractivity contribution in [3.05, 3.63) is 17.0 Å². The first-order chi connectivity index (χ1) is 11.5. The number of aromatic nitrogens is 2. The molecule has 132 valence electrons. The van der Waals surface area contributed by atoms with Crippen LogP contribution in [0.25, 0.3) is 0 Å². The number of carbonyl (C=O) groups is 1. The van der Waals surface area contributed by atoms with E-state index in [0.717, 1.165) is 64.6 Å². The van der Waals surface area contributed by atoms with Crippen molar-refractivity contribution in [2.45, 2.75) is 76.9 Å². The van der Waals surface area contributed by atoms with Gasteiger partial charge in [-0.2, -0.15) is 5.10 Å². The zero-order chi connectivity index (χ0) is 16.8. The van der Waals surface area contributed by atoms with Gasteiger partial charge in [-0.1, -0.05) is 0 Å². The van der Waals surface area contributed by atoms with Crippen molar-refractivity contribution in [1.82, 2.24) is 20.4 Å². The van der Waals surface area contributed by atoms with Crippen LogP contribution in [0.2, 0.25) is 0 Å². The van der Waals surface area contributed by atoms with E-state index in [1.807, 2.05) is 0 Å². The molecular weight excluding hydrogens is 304 g/mol. The summed E-state index contributed by atoms with van der Waals surface area (Å²) in [4.78, 5) is 11.1. The molecular formula is C18H28N4O2. The second-order valence-electron chi connectivity index (χ2n) is 8.12. The topological polar surface area (TPSA) is 79.2 Å². The molecule has 3 N–H and O–H groups in total. The van der Waals surface area contributed by atoms with Gasteiger partial charge in [-0.25, -0.2) is 4.79 Å². The second kappa shape index (κ2) is 5.76. The Hall–Kier alpha value is -1.56. The minimum atomic E-state index is -0.864. The molecule has 3 fully saturated rings. The third-order valence-corrected chi connectivity index (χ3v) is 6.84. The molecule has 6 nitrogen and oxygen atoms in total. The summed E-state index contributed by atoms with van der Waals surface area (Å²) in [7, 11) is 0. The van der Waals surface area contributed by atoms with Gasteiger partial charge in [-0.05, 0) is 57.3 Å². The Kier molecular flexibility index (Phi) is 3.82. The molecule has 24 heavy (non-hydrogen) atoms. The summed E-state index contributed by atoms with van der Waals surface area (Å²) < 4.78 is 2.26. The van der Waals surface area contributed by atoms with Crippen LogP contribution in [0.5, 0.6) is 0 Å². The highest BCUT2D eigenvalue weighted by Gasteiger charge is 2.49. The van der Waals surface area contributed by atoms with E-state index in [1.165, 1.54) is 23.4 Å². The van der Waals surface area contributed by atoms with Crippen LogP contribution in [0.1, 0.15) is 61.9 Å². The Morgan fingerprint density at radius 3 is 2.67 bits per heavy atom. The van der Waals surface area contributed by atoms with Gasteiger partial charge in [-0.3, -0.25) is 4.68 Å². The molecule has 3 aliphatic carbocycles. The fourth-order valence-corrected chi connectivity index (χ4v) is 5.18. The molecule has 4 aliphatic rings. The Balaban J connectivity index is 1.42. The first kappa shape index (κ1) is 15.9. The average molecular weight is 332 g/mol. The van der Waals surface area contributed by atoms with E-state index in [2.05, 4.69) is 22.2 Å². The molecule has 1 aromatic heterocycles. The maximum absolute atomic E-state index is 11.1. The normalized spacial score (nSPS) is 31.7. The minimum Gasteiger partial charge on any atom is -0.465 e. The molecule has 1 amide bonds. The number of amides is 1. The van der Waals surface area contributed by atoms with Gasteiger partial charge in [0.05, 0.1) is 5.69 Å². The van der Waals surface area contributed by atoms with Crippen LogP contribution >= 0.6 is 0 Å². The van der Waals surface area contributed by atoms with E-state index in [4.69, 9.17) is 10.2 Å². The number of nitrogens with one attached hydrogen (secondary N) is 2. The molecule has 0 saturated heterocycles. The molecule has 0 radical (unpaired) electrons. The lowest BCUT2D eigenvalue weighted by Gasteiger charge is -2.53. The molecule has 0 aromatic carbocycles. The fraction of sp³-hybridized carbons (Fsp3) is 0.778. The number of rotatable bonds is 4. The molecule has 3 saturated carbocycles. The van der Waals surface area contributed by atoms with Crippen LogP contribution in [0, 0.1) is 12.3 Å². The largest absolute Gasteiger partial charge is 0.465 e. The van der Waals surface area contributed by atoms with Crippen LogP contribution in [0.3, 0.4) is 0 Å². The van der Waals surface area contributed by atoms with Crippen molar-refractivity contribution in [3.63, 3.8) is 0 Å². The van der Waals surface area contributed by atoms with Crippen LogP contribution in [0.15, 0.2) is 0 Å². The van der Waals surface area contributed by atoms with Gasteiger partial charge in [0.25, 0.3) is 0 Å². The summed E-state index contributed by atoms with van der Waals surface area (Å²) in [5, 5.41) is 20.1. The van der Waals surface area contributed by atoms with Crippen molar-refractivity contribution in [2.75, 3.05) is 6.54 Å². The number of carboxylic acid groups (broad SMARTS) is 1. The second-order valence-corrected chi connectivity index (χ2v) is 8.12. The van der Waals surface area contributed by atoms with Gasteiger partial charge in [0.15, 0.2) is 0 Å². The van der Waals surface area contributed by atoms with Crippen molar-refractivity contribution in [2.24, 2.45) is 5.41 Å². The predicted molar refractivity (Wildman–Crippen MR) is 91.0 cm³/mol. The Bertz CT molecular complexity index is 627. The van der Waals surface area contributed by atoms with E-state index in [1.54, 1.807) is 0 Å². The van der Waals surface area contributed by atoms with E-state index in [9.17, 15) is 4.79 Å². The quantitative estimate of drug-likeness (QED) is 0.792. The molecule has 0 unspecified atom stereocenters. The monoisotopic (exact) mass is 332 g/mol. The van der Waals surface area contributed by atoms with Crippen LogP contribution in [-0.4, -0.2) is 33.1 Å². The first-order valence-corrected chi connectivity index (χ1v) is 9.28. The third kappa shape index (κ3) is 2.70. The van der Waals surface area contributed by atoms with Gasteiger partial charge >= 0.3 is 6.09 Å². The summed E-state index contributed by atoms with van der Waals surface area (Å²) >= 11 is 0. The van der Waals surface area contributed by atoms with E-state index < -0.39 is 6.09 Å². The maximum Gasteiger partial charge on any atom is 0.405 e. The lowest BCUT2D eigenvalue weighted by molar-refractivity contribution is 0.0150. The van der Waals surface area contributed by atoms with Crippen molar-refractivity contribution in [3.8, 4) is 0 Å². The highest BCUT2D eigenvalue weighted by atomic mass is 16.4. The molecule has 0 spiro atoms. The molecule has 2 heterocycles. The van der Waals surface area contributed by atoms with Crippen molar-refractivity contribution >= 4 is 6.09 Å². The lowest BCUT2D eigenvalue weighted by atomic mass is 9.56. The summed E-state index contributed by atoms with van der Waals surface area (Å²) in [6.07, 6.45) is 7.84. The van der Waals surface area contributed by atoms with Gasteiger partial charge in [0.2, 0.25) is 0 Å². The maximum atomic E-state index is 11.1. The standard InChI is InChI=1S/C18H28N4O2/c1-13-14-12-19-10-2-15(14)22(21-13)11-9-17-3-6-18(7-4-17,8-5-17)20-16(23)24/h19-20H,2-12H2,1H3,(H,23,24). The molecule has 1 aliphatic heterocycles. The van der Waals surface area contributed by atoms with Crippen LogP contribution in [-0.2, 0) is 19.5 Å². The number of hydrogen-bond acceptors (Lipinski definition) is 3. The fourth-order valence-electron chi connectivity index (χ4n) is 5.18. The molecule has 2 bridgehead atoms. The SMILES string of the molecule is Cc1nn(CCC23CCC(NC(=O)O)(CC2)CC3)c2c1CNCC2. The minimum absolute atomic E-state index is 0.138. The van der Waals surface area contributed by atoms with E-state index >= 15 is 0 Å². The molecule has 0 atom stereocenters. The lowest BCUT2D eigenvalue weighted by Crippen LogP contribution is -2.56. The van der Waals surface area contributed by atoms with Crippen molar-refractivity contribution in [1.29, 1.82) is 0 Å². The number of nitrogens with zero attached hydrogens (tertiary/aromatic N) is 2. The van der Waals surface area contributed by atoms with Gasteiger partial charge < -0.3 is 15.7 Å². The van der Waals surface area contributed by atoms with Gasteiger partial charge in [0.1, 0.15) is 0 Å². The first-order valence-electron chi connectivity index (χ1n) is 9.28.